The molecule has 0 bridgehead atoms. The number of hydrogen-bond donors (Lipinski definition) is 0. The Morgan fingerprint density at radius 2 is 2.04 bits per heavy atom. The van der Waals surface area contributed by atoms with E-state index in [0.717, 1.165) is 10.9 Å². The van der Waals surface area contributed by atoms with Crippen LogP contribution in [-0.2, 0) is 15.4 Å². The molecule has 0 radical (unpaired) electrons. The topological polar surface area (TPSA) is 118 Å². The fraction of sp³-hybridized carbons (Fsp3) is 0.556. The molecule has 3 atom stereocenters. The number of fused-ring (bicyclic) bond motifs is 1. The fourth-order valence-electron chi connectivity index (χ4n) is 2.92. The minimum absolute atomic E-state index is 0.220. The molecule has 2 aromatic heterocycles. The fourth-order valence-corrected chi connectivity index (χ4v) is 3.73. The summed E-state index contributed by atoms with van der Waals surface area (Å²) in [4.78, 5) is 11.5. The molecule has 0 aliphatic carbocycles. The van der Waals surface area contributed by atoms with Gasteiger partial charge in [0.15, 0.2) is 0 Å². The van der Waals surface area contributed by atoms with Gasteiger partial charge in [-0.2, -0.15) is 0 Å². The zero-order chi connectivity index (χ0) is 21.1. The number of aromatic nitrogens is 2. The van der Waals surface area contributed by atoms with Crippen molar-refractivity contribution in [1.82, 2.24) is 9.97 Å². The second-order valence-electron chi connectivity index (χ2n) is 7.15. The first kappa shape index (κ1) is 22.2. The van der Waals surface area contributed by atoms with Gasteiger partial charge in [-0.25, -0.2) is 13.4 Å². The maximum Gasteiger partial charge on any atom is 0.224 e. The molecule has 2 rings (SSSR count). The maximum atomic E-state index is 11.7. The third kappa shape index (κ3) is 4.84. The quantitative estimate of drug-likeness (QED) is 0.260. The van der Waals surface area contributed by atoms with Gasteiger partial charge in [0.1, 0.15) is 15.0 Å². The third-order valence-electron chi connectivity index (χ3n) is 4.93. The van der Waals surface area contributed by atoms with E-state index in [0.29, 0.717) is 18.2 Å². The van der Waals surface area contributed by atoms with Gasteiger partial charge in [-0.15, -0.1) is 0 Å². The van der Waals surface area contributed by atoms with Gasteiger partial charge in [0.25, 0.3) is 0 Å². The van der Waals surface area contributed by atoms with E-state index < -0.39 is 26.7 Å². The van der Waals surface area contributed by atoms with E-state index >= 15 is 0 Å². The standard InChI is InChI=1S/C18H24ClN5O3S/c1-6-18(4,23-24-20)15-10-21-9-14-13(15)8-16(19)22-17(14)27-11(2)7-12(3)28(5,25)26/h8-12H,6-7H2,1-5H3/t11-,12-,18-/m1/s1. The molecular formula is C18H24ClN5O3S. The molecule has 10 heteroatoms. The summed E-state index contributed by atoms with van der Waals surface area (Å²) in [5.41, 5.74) is 8.88. The van der Waals surface area contributed by atoms with Crippen LogP contribution in [0.4, 0.5) is 0 Å². The van der Waals surface area contributed by atoms with Crippen molar-refractivity contribution < 1.29 is 13.2 Å². The van der Waals surface area contributed by atoms with E-state index in [1.807, 2.05) is 13.8 Å². The van der Waals surface area contributed by atoms with Crippen molar-refractivity contribution in [3.63, 3.8) is 0 Å². The highest BCUT2D eigenvalue weighted by Gasteiger charge is 2.27. The van der Waals surface area contributed by atoms with Crippen molar-refractivity contribution in [3.05, 3.63) is 39.6 Å². The van der Waals surface area contributed by atoms with Crippen LogP contribution in [0.25, 0.3) is 21.2 Å². The molecule has 0 spiro atoms. The minimum atomic E-state index is -3.16. The van der Waals surface area contributed by atoms with Gasteiger partial charge < -0.3 is 4.74 Å². The molecule has 0 aliphatic heterocycles. The number of ether oxygens (including phenoxy) is 1. The molecule has 0 saturated carbocycles. The van der Waals surface area contributed by atoms with Crippen LogP contribution in [0, 0.1) is 0 Å². The molecule has 0 N–H and O–H groups in total. The highest BCUT2D eigenvalue weighted by molar-refractivity contribution is 7.91. The average Bonchev–Trinajstić information content (AvgIpc) is 2.60. The van der Waals surface area contributed by atoms with Crippen LogP contribution in [0.3, 0.4) is 0 Å². The van der Waals surface area contributed by atoms with Crippen LogP contribution in [0.5, 0.6) is 5.88 Å². The first-order chi connectivity index (χ1) is 13.0. The zero-order valence-corrected chi connectivity index (χ0v) is 18.1. The van der Waals surface area contributed by atoms with Gasteiger partial charge in [0, 0.05) is 30.0 Å². The first-order valence-corrected chi connectivity index (χ1v) is 11.2. The molecule has 28 heavy (non-hydrogen) atoms. The van der Waals surface area contributed by atoms with E-state index in [2.05, 4.69) is 20.0 Å². The predicted octanol–water partition coefficient (Wildman–Crippen LogP) is 4.81. The predicted molar refractivity (Wildman–Crippen MR) is 110 cm³/mol. The third-order valence-corrected chi connectivity index (χ3v) is 6.78. The summed E-state index contributed by atoms with van der Waals surface area (Å²) < 4.78 is 29.3. The molecule has 0 aliphatic rings. The molecule has 8 nitrogen and oxygen atoms in total. The number of hydrogen-bond acceptors (Lipinski definition) is 6. The SMILES string of the molecule is CC[C@@](C)(N=[N+]=[N-])c1cncc2c(O[C@H](C)C[C@@H](C)S(C)(=O)=O)nc(Cl)cc12. The van der Waals surface area contributed by atoms with Crippen molar-refractivity contribution in [1.29, 1.82) is 0 Å². The van der Waals surface area contributed by atoms with Crippen molar-refractivity contribution in [3.8, 4) is 5.88 Å². The molecule has 0 unspecified atom stereocenters. The number of sulfone groups is 1. The molecule has 2 aromatic rings. The molecular weight excluding hydrogens is 402 g/mol. The van der Waals surface area contributed by atoms with Crippen LogP contribution >= 0.6 is 11.6 Å². The Labute approximate surface area is 169 Å². The van der Waals surface area contributed by atoms with Gasteiger partial charge in [-0.05, 0) is 49.7 Å². The van der Waals surface area contributed by atoms with Crippen molar-refractivity contribution in [2.75, 3.05) is 6.26 Å². The summed E-state index contributed by atoms with van der Waals surface area (Å²) in [6.45, 7) is 7.17. The lowest BCUT2D eigenvalue weighted by molar-refractivity contribution is 0.205. The molecule has 0 amide bonds. The Kier molecular flexibility index (Phi) is 6.75. The van der Waals surface area contributed by atoms with Gasteiger partial charge in [0.05, 0.1) is 22.3 Å². The van der Waals surface area contributed by atoms with Crippen molar-refractivity contribution in [2.45, 2.75) is 57.4 Å². The minimum Gasteiger partial charge on any atom is -0.474 e. The van der Waals surface area contributed by atoms with E-state index in [4.69, 9.17) is 21.9 Å². The lowest BCUT2D eigenvalue weighted by Crippen LogP contribution is -2.25. The number of rotatable bonds is 8. The number of halogens is 1. The number of nitrogens with zero attached hydrogens (tertiary/aromatic N) is 5. The first-order valence-electron chi connectivity index (χ1n) is 8.88. The molecule has 152 valence electrons. The van der Waals surface area contributed by atoms with Crippen LogP contribution < -0.4 is 4.74 Å². The van der Waals surface area contributed by atoms with Crippen LogP contribution in [-0.4, -0.2) is 36.0 Å². The summed E-state index contributed by atoms with van der Waals surface area (Å²) >= 11 is 6.22. The van der Waals surface area contributed by atoms with Gasteiger partial charge in [-0.1, -0.05) is 23.6 Å². The van der Waals surface area contributed by atoms with Gasteiger partial charge >= 0.3 is 0 Å². The zero-order valence-electron chi connectivity index (χ0n) is 16.5. The monoisotopic (exact) mass is 425 g/mol. The van der Waals surface area contributed by atoms with Crippen LogP contribution in [0.2, 0.25) is 5.15 Å². The largest absolute Gasteiger partial charge is 0.474 e. The van der Waals surface area contributed by atoms with Crippen LogP contribution in [0.1, 0.15) is 46.1 Å². The van der Waals surface area contributed by atoms with E-state index in [9.17, 15) is 8.42 Å². The number of azide groups is 1. The molecule has 2 heterocycles. The highest BCUT2D eigenvalue weighted by Crippen LogP contribution is 2.37. The van der Waals surface area contributed by atoms with E-state index in [1.165, 1.54) is 6.26 Å². The Morgan fingerprint density at radius 1 is 1.36 bits per heavy atom. The molecule has 0 fully saturated rings. The summed E-state index contributed by atoms with van der Waals surface area (Å²) in [7, 11) is -3.16. The Balaban J connectivity index is 2.52. The average molecular weight is 426 g/mol. The van der Waals surface area contributed by atoms with Crippen molar-refractivity contribution >= 4 is 32.2 Å². The van der Waals surface area contributed by atoms with E-state index in [1.54, 1.807) is 32.3 Å². The van der Waals surface area contributed by atoms with Crippen molar-refractivity contribution in [2.24, 2.45) is 5.11 Å². The van der Waals surface area contributed by atoms with Crippen LogP contribution in [0.15, 0.2) is 23.6 Å². The molecule has 0 saturated heterocycles. The number of pyridine rings is 2. The second kappa shape index (κ2) is 8.51. The normalized spacial score (nSPS) is 16.1. The highest BCUT2D eigenvalue weighted by atomic mass is 35.5. The summed E-state index contributed by atoms with van der Waals surface area (Å²) in [6.07, 6.45) is 4.93. The Hall–Kier alpha value is -2.09. The molecule has 0 aromatic carbocycles. The summed E-state index contributed by atoms with van der Waals surface area (Å²) in [5.74, 6) is 0.268. The lowest BCUT2D eigenvalue weighted by Gasteiger charge is -2.25. The Bertz CT molecular complexity index is 1020. The smallest absolute Gasteiger partial charge is 0.224 e. The van der Waals surface area contributed by atoms with Gasteiger partial charge in [-0.3, -0.25) is 4.98 Å². The van der Waals surface area contributed by atoms with E-state index in [-0.39, 0.29) is 11.0 Å². The summed E-state index contributed by atoms with van der Waals surface area (Å²) in [5, 5.41) is 4.97. The second-order valence-corrected chi connectivity index (χ2v) is 10.0. The lowest BCUT2D eigenvalue weighted by atomic mass is 9.88. The maximum absolute atomic E-state index is 11.7. The summed E-state index contributed by atoms with van der Waals surface area (Å²) in [6, 6.07) is 1.69. The Morgan fingerprint density at radius 3 is 2.61 bits per heavy atom. The van der Waals surface area contributed by atoms with Gasteiger partial charge in [0.2, 0.25) is 5.88 Å².